The van der Waals surface area contributed by atoms with E-state index in [1.54, 1.807) is 36.4 Å². The highest BCUT2D eigenvalue weighted by Gasteiger charge is 2.21. The van der Waals surface area contributed by atoms with Crippen LogP contribution in [0.25, 0.3) is 22.4 Å². The molecule has 4 rings (SSSR count). The second-order valence-corrected chi connectivity index (χ2v) is 8.03. The quantitative estimate of drug-likeness (QED) is 0.286. The van der Waals surface area contributed by atoms with Crippen molar-refractivity contribution in [2.45, 2.75) is 0 Å². The maximum Gasteiger partial charge on any atom is 0.325 e. The molecule has 0 aliphatic carbocycles. The second kappa shape index (κ2) is 9.28. The molecule has 156 valence electrons. The fourth-order valence-corrected chi connectivity index (χ4v) is 3.71. The molecule has 2 aromatic heterocycles. The SMILES string of the molecule is COc1nc(Oc2cncc(Cl)c2)nc(-c2ccc(Cl)cc2Cl)c1-c1ccc(Cl)cc1. The Hall–Kier alpha value is -2.57. The van der Waals surface area contributed by atoms with Gasteiger partial charge in [-0.05, 0) is 35.9 Å². The molecule has 9 heteroatoms. The maximum atomic E-state index is 6.50. The number of rotatable bonds is 5. The van der Waals surface area contributed by atoms with Crippen molar-refractivity contribution in [3.63, 3.8) is 0 Å². The molecule has 0 saturated heterocycles. The Morgan fingerprint density at radius 3 is 2.19 bits per heavy atom. The van der Waals surface area contributed by atoms with Gasteiger partial charge in [0.1, 0.15) is 0 Å². The van der Waals surface area contributed by atoms with Crippen molar-refractivity contribution in [2.24, 2.45) is 0 Å². The van der Waals surface area contributed by atoms with Crippen LogP contribution in [0.15, 0.2) is 60.9 Å². The number of hydrogen-bond donors (Lipinski definition) is 0. The molecule has 0 atom stereocenters. The van der Waals surface area contributed by atoms with Crippen LogP contribution < -0.4 is 9.47 Å². The molecule has 0 saturated carbocycles. The van der Waals surface area contributed by atoms with Crippen molar-refractivity contribution >= 4 is 46.4 Å². The van der Waals surface area contributed by atoms with Crippen molar-refractivity contribution in [1.82, 2.24) is 15.0 Å². The van der Waals surface area contributed by atoms with Crippen LogP contribution in [-0.4, -0.2) is 22.1 Å². The molecule has 0 bridgehead atoms. The van der Waals surface area contributed by atoms with E-state index in [2.05, 4.69) is 15.0 Å². The summed E-state index contributed by atoms with van der Waals surface area (Å²) in [5, 5.41) is 1.94. The summed E-state index contributed by atoms with van der Waals surface area (Å²) in [6, 6.07) is 14.0. The van der Waals surface area contributed by atoms with E-state index in [4.69, 9.17) is 55.9 Å². The zero-order valence-electron chi connectivity index (χ0n) is 15.9. The van der Waals surface area contributed by atoms with Crippen molar-refractivity contribution in [2.75, 3.05) is 7.11 Å². The summed E-state index contributed by atoms with van der Waals surface area (Å²) in [4.78, 5) is 13.0. The van der Waals surface area contributed by atoms with E-state index >= 15 is 0 Å². The number of pyridine rings is 1. The number of aromatic nitrogens is 3. The van der Waals surface area contributed by atoms with Gasteiger partial charge < -0.3 is 9.47 Å². The highest BCUT2D eigenvalue weighted by atomic mass is 35.5. The molecule has 0 N–H and O–H groups in total. The zero-order chi connectivity index (χ0) is 22.0. The third-order valence-corrected chi connectivity index (χ3v) is 5.26. The summed E-state index contributed by atoms with van der Waals surface area (Å²) >= 11 is 24.7. The van der Waals surface area contributed by atoms with Gasteiger partial charge in [-0.2, -0.15) is 9.97 Å². The van der Waals surface area contributed by atoms with E-state index in [1.807, 2.05) is 12.1 Å². The predicted octanol–water partition coefficient (Wildman–Crippen LogP) is 7.62. The first kappa shape index (κ1) is 21.7. The Morgan fingerprint density at radius 1 is 0.774 bits per heavy atom. The standard InChI is InChI=1S/C22H13Cl4N3O2/c1-30-21-19(12-2-4-13(23)5-3-12)20(17-7-6-14(24)9-18(17)26)28-22(29-21)31-16-8-15(25)10-27-11-16/h2-11H,1H3. The largest absolute Gasteiger partial charge is 0.480 e. The lowest BCUT2D eigenvalue weighted by molar-refractivity contribution is 0.378. The fourth-order valence-electron chi connectivity index (χ4n) is 2.92. The number of halogens is 4. The van der Waals surface area contributed by atoms with Gasteiger partial charge in [-0.15, -0.1) is 0 Å². The Bertz CT molecular complexity index is 1250. The summed E-state index contributed by atoms with van der Waals surface area (Å²) in [5.41, 5.74) is 2.55. The lowest BCUT2D eigenvalue weighted by Crippen LogP contribution is -2.02. The van der Waals surface area contributed by atoms with Gasteiger partial charge in [0.05, 0.1) is 34.6 Å². The fraction of sp³-hybridized carbons (Fsp3) is 0.0455. The van der Waals surface area contributed by atoms with E-state index < -0.39 is 0 Å². The van der Waals surface area contributed by atoms with Gasteiger partial charge in [0.2, 0.25) is 5.88 Å². The monoisotopic (exact) mass is 491 g/mol. The van der Waals surface area contributed by atoms with Crippen LogP contribution in [0.2, 0.25) is 20.1 Å². The first-order valence-corrected chi connectivity index (χ1v) is 10.4. The molecule has 2 heterocycles. The van der Waals surface area contributed by atoms with Crippen LogP contribution in [0.4, 0.5) is 0 Å². The average Bonchev–Trinajstić information content (AvgIpc) is 2.74. The molecule has 0 fully saturated rings. The van der Waals surface area contributed by atoms with Crippen LogP contribution in [0.1, 0.15) is 0 Å². The molecule has 0 spiro atoms. The summed E-state index contributed by atoms with van der Waals surface area (Å²) in [6.45, 7) is 0. The van der Waals surface area contributed by atoms with Crippen molar-refractivity contribution in [3.8, 4) is 40.0 Å². The van der Waals surface area contributed by atoms with E-state index in [0.717, 1.165) is 5.56 Å². The lowest BCUT2D eigenvalue weighted by atomic mass is 10.00. The van der Waals surface area contributed by atoms with Gasteiger partial charge >= 0.3 is 6.01 Å². The van der Waals surface area contributed by atoms with Gasteiger partial charge in [0.25, 0.3) is 0 Å². The summed E-state index contributed by atoms with van der Waals surface area (Å²) in [7, 11) is 1.51. The molecular formula is C22H13Cl4N3O2. The molecule has 0 aliphatic rings. The third-order valence-electron chi connectivity index (χ3n) is 4.26. The first-order chi connectivity index (χ1) is 14.9. The molecule has 5 nitrogen and oxygen atoms in total. The van der Waals surface area contributed by atoms with Crippen molar-refractivity contribution < 1.29 is 9.47 Å². The Labute approximate surface area is 198 Å². The number of benzene rings is 2. The summed E-state index contributed by atoms with van der Waals surface area (Å²) in [5.74, 6) is 0.672. The minimum Gasteiger partial charge on any atom is -0.480 e. The molecule has 0 radical (unpaired) electrons. The molecule has 2 aromatic carbocycles. The van der Waals surface area contributed by atoms with Crippen LogP contribution in [0.5, 0.6) is 17.6 Å². The number of methoxy groups -OCH3 is 1. The zero-order valence-corrected chi connectivity index (χ0v) is 19.0. The molecule has 0 amide bonds. The molecule has 31 heavy (non-hydrogen) atoms. The van der Waals surface area contributed by atoms with Crippen LogP contribution in [0, 0.1) is 0 Å². The molecular weight excluding hydrogens is 480 g/mol. The number of hydrogen-bond acceptors (Lipinski definition) is 5. The third kappa shape index (κ3) is 4.86. The Kier molecular flexibility index (Phi) is 6.49. The van der Waals surface area contributed by atoms with Crippen LogP contribution in [0.3, 0.4) is 0 Å². The molecule has 4 aromatic rings. The van der Waals surface area contributed by atoms with Gasteiger partial charge in [0.15, 0.2) is 5.75 Å². The molecule has 0 unspecified atom stereocenters. The smallest absolute Gasteiger partial charge is 0.325 e. The van der Waals surface area contributed by atoms with Gasteiger partial charge in [0, 0.05) is 27.9 Å². The first-order valence-electron chi connectivity index (χ1n) is 8.90. The van der Waals surface area contributed by atoms with E-state index in [0.29, 0.717) is 48.5 Å². The van der Waals surface area contributed by atoms with E-state index in [9.17, 15) is 0 Å². The lowest BCUT2D eigenvalue weighted by Gasteiger charge is -2.16. The van der Waals surface area contributed by atoms with Crippen LogP contribution in [-0.2, 0) is 0 Å². The average molecular weight is 493 g/mol. The normalized spacial score (nSPS) is 10.7. The van der Waals surface area contributed by atoms with Crippen LogP contribution >= 0.6 is 46.4 Å². The predicted molar refractivity (Wildman–Crippen MR) is 124 cm³/mol. The Morgan fingerprint density at radius 2 is 1.52 bits per heavy atom. The maximum absolute atomic E-state index is 6.50. The van der Waals surface area contributed by atoms with Gasteiger partial charge in [-0.1, -0.05) is 58.5 Å². The number of nitrogens with zero attached hydrogens (tertiary/aromatic N) is 3. The van der Waals surface area contributed by atoms with E-state index in [1.165, 1.54) is 19.5 Å². The summed E-state index contributed by atoms with van der Waals surface area (Å²) < 4.78 is 11.4. The minimum absolute atomic E-state index is 0.0413. The van der Waals surface area contributed by atoms with Gasteiger partial charge in [-0.25, -0.2) is 0 Å². The van der Waals surface area contributed by atoms with Gasteiger partial charge in [-0.3, -0.25) is 4.98 Å². The van der Waals surface area contributed by atoms with Crippen molar-refractivity contribution in [1.29, 1.82) is 0 Å². The molecule has 0 aliphatic heterocycles. The summed E-state index contributed by atoms with van der Waals surface area (Å²) in [6.07, 6.45) is 3.00. The van der Waals surface area contributed by atoms with E-state index in [-0.39, 0.29) is 6.01 Å². The Balaban J connectivity index is 1.93. The highest BCUT2D eigenvalue weighted by Crippen LogP contribution is 2.42. The minimum atomic E-state index is 0.0413. The second-order valence-electron chi connectivity index (χ2n) is 6.31. The number of ether oxygens (including phenoxy) is 2. The highest BCUT2D eigenvalue weighted by molar-refractivity contribution is 6.36. The van der Waals surface area contributed by atoms with Crippen molar-refractivity contribution in [3.05, 3.63) is 81.0 Å². The topological polar surface area (TPSA) is 57.1 Å².